The van der Waals surface area contributed by atoms with Gasteiger partial charge in [-0.05, 0) is 72.0 Å². The van der Waals surface area contributed by atoms with Crippen molar-refractivity contribution < 1.29 is 9.15 Å². The fourth-order valence-corrected chi connectivity index (χ4v) is 6.18. The molecule has 0 amide bonds. The molecule has 7 aromatic rings. The van der Waals surface area contributed by atoms with Crippen molar-refractivity contribution in [2.45, 2.75) is 19.4 Å². The molecule has 198 valence electrons. The lowest BCUT2D eigenvalue weighted by molar-refractivity contribution is 0.308. The predicted molar refractivity (Wildman–Crippen MR) is 169 cm³/mol. The molecule has 41 heavy (non-hydrogen) atoms. The third kappa shape index (κ3) is 3.91. The first-order valence-corrected chi connectivity index (χ1v) is 14.1. The molecule has 0 radical (unpaired) electrons. The maximum atomic E-state index is 6.65. The Morgan fingerprint density at radius 2 is 1.59 bits per heavy atom. The van der Waals surface area contributed by atoms with Crippen molar-refractivity contribution in [3.05, 3.63) is 132 Å². The highest BCUT2D eigenvalue weighted by atomic mass is 16.5. The zero-order chi connectivity index (χ0) is 27.3. The number of anilines is 1. The largest absolute Gasteiger partial charge is 0.487 e. The number of benzene rings is 5. The Morgan fingerprint density at radius 1 is 0.756 bits per heavy atom. The molecular formula is C37H28N2O2. The number of para-hydroxylation sites is 1. The maximum Gasteiger partial charge on any atom is 0.143 e. The van der Waals surface area contributed by atoms with Crippen molar-refractivity contribution in [2.75, 3.05) is 5.73 Å². The topological polar surface area (TPSA) is 53.3 Å². The number of nitrogen functional groups attached to an aromatic ring is 1. The van der Waals surface area contributed by atoms with Gasteiger partial charge in [-0.25, -0.2) is 0 Å². The van der Waals surface area contributed by atoms with Gasteiger partial charge in [-0.2, -0.15) is 0 Å². The van der Waals surface area contributed by atoms with Gasteiger partial charge >= 0.3 is 0 Å². The van der Waals surface area contributed by atoms with Crippen LogP contribution < -0.4 is 10.5 Å². The van der Waals surface area contributed by atoms with Gasteiger partial charge in [0.1, 0.15) is 23.5 Å². The second-order valence-corrected chi connectivity index (χ2v) is 10.6. The van der Waals surface area contributed by atoms with E-state index in [-0.39, 0.29) is 0 Å². The van der Waals surface area contributed by atoms with Crippen LogP contribution in [0.2, 0.25) is 0 Å². The van der Waals surface area contributed by atoms with Gasteiger partial charge in [0, 0.05) is 27.7 Å². The van der Waals surface area contributed by atoms with Gasteiger partial charge in [-0.15, -0.1) is 0 Å². The number of rotatable bonds is 5. The number of fused-ring (bicyclic) bond motifs is 6. The number of nitrogens with two attached hydrogens (primary N) is 1. The smallest absolute Gasteiger partial charge is 0.143 e. The number of aromatic nitrogens is 1. The highest BCUT2D eigenvalue weighted by Gasteiger charge is 2.18. The summed E-state index contributed by atoms with van der Waals surface area (Å²) in [4.78, 5) is 0. The number of hydrogen-bond acceptors (Lipinski definition) is 3. The van der Waals surface area contributed by atoms with Crippen LogP contribution in [-0.4, -0.2) is 4.57 Å². The molecule has 0 saturated carbocycles. The molecule has 0 atom stereocenters. The van der Waals surface area contributed by atoms with Crippen LogP contribution in [0.1, 0.15) is 23.2 Å². The summed E-state index contributed by atoms with van der Waals surface area (Å²) in [5.41, 5.74) is 17.3. The van der Waals surface area contributed by atoms with Gasteiger partial charge in [0.15, 0.2) is 0 Å². The van der Waals surface area contributed by atoms with Crippen molar-refractivity contribution in [3.8, 4) is 22.6 Å². The van der Waals surface area contributed by atoms with E-state index in [1.54, 1.807) is 0 Å². The average molecular weight is 533 g/mol. The zero-order valence-corrected chi connectivity index (χ0v) is 22.5. The van der Waals surface area contributed by atoms with E-state index in [1.807, 2.05) is 30.3 Å². The Balaban J connectivity index is 1.07. The van der Waals surface area contributed by atoms with Crippen LogP contribution in [0.25, 0.3) is 55.7 Å². The van der Waals surface area contributed by atoms with Crippen LogP contribution in [0, 0.1) is 0 Å². The molecule has 4 heteroatoms. The lowest BCUT2D eigenvalue weighted by Gasteiger charge is -2.14. The minimum absolute atomic E-state index is 0.428. The molecule has 5 aromatic carbocycles. The van der Waals surface area contributed by atoms with E-state index in [4.69, 9.17) is 14.9 Å². The number of furan rings is 1. The molecule has 0 spiro atoms. The summed E-state index contributed by atoms with van der Waals surface area (Å²) in [5.74, 6) is 0.661. The molecule has 0 unspecified atom stereocenters. The molecule has 0 aliphatic heterocycles. The normalized spacial score (nSPS) is 12.8. The van der Waals surface area contributed by atoms with E-state index in [9.17, 15) is 0 Å². The molecule has 8 rings (SSSR count). The Kier molecular flexibility index (Phi) is 5.46. The van der Waals surface area contributed by atoms with Crippen LogP contribution in [-0.2, 0) is 13.0 Å². The molecule has 0 bridgehead atoms. The third-order valence-electron chi connectivity index (χ3n) is 8.18. The van der Waals surface area contributed by atoms with E-state index in [0.29, 0.717) is 18.0 Å². The van der Waals surface area contributed by atoms with E-state index in [1.165, 1.54) is 27.8 Å². The van der Waals surface area contributed by atoms with Gasteiger partial charge in [0.2, 0.25) is 0 Å². The average Bonchev–Trinajstić information content (AvgIpc) is 3.57. The Hall–Kier alpha value is -5.22. The molecule has 0 fully saturated rings. The fourth-order valence-electron chi connectivity index (χ4n) is 6.18. The first-order valence-electron chi connectivity index (χ1n) is 14.1. The van der Waals surface area contributed by atoms with Crippen molar-refractivity contribution in [1.29, 1.82) is 0 Å². The monoisotopic (exact) mass is 532 g/mol. The Morgan fingerprint density at radius 3 is 2.46 bits per heavy atom. The minimum atomic E-state index is 0.428. The van der Waals surface area contributed by atoms with Gasteiger partial charge in [0.25, 0.3) is 0 Å². The summed E-state index contributed by atoms with van der Waals surface area (Å²) in [6.45, 7) is 0.428. The van der Waals surface area contributed by atoms with Gasteiger partial charge in [-0.3, -0.25) is 0 Å². The first-order chi connectivity index (χ1) is 20.2. The van der Waals surface area contributed by atoms with E-state index >= 15 is 0 Å². The van der Waals surface area contributed by atoms with Gasteiger partial charge in [0.05, 0.1) is 16.6 Å². The van der Waals surface area contributed by atoms with Gasteiger partial charge < -0.3 is 19.5 Å². The van der Waals surface area contributed by atoms with Gasteiger partial charge in [-0.1, -0.05) is 78.9 Å². The van der Waals surface area contributed by atoms with E-state index < -0.39 is 0 Å². The van der Waals surface area contributed by atoms with Crippen molar-refractivity contribution >= 4 is 44.6 Å². The molecule has 2 N–H and O–H groups in total. The van der Waals surface area contributed by atoms with E-state index in [0.717, 1.165) is 51.5 Å². The summed E-state index contributed by atoms with van der Waals surface area (Å²) in [5, 5.41) is 3.19. The summed E-state index contributed by atoms with van der Waals surface area (Å²) >= 11 is 0. The van der Waals surface area contributed by atoms with Crippen LogP contribution in [0.5, 0.6) is 5.75 Å². The van der Waals surface area contributed by atoms with Crippen molar-refractivity contribution in [2.24, 2.45) is 0 Å². The van der Waals surface area contributed by atoms with Crippen molar-refractivity contribution in [1.82, 2.24) is 4.57 Å². The fraction of sp³-hybridized carbons (Fsp3) is 0.0811. The Labute approximate surface area is 237 Å². The standard InChI is InChI=1S/C37H28N2O2/c38-37-34(21-20-33-36(37)30-19-16-26(22-35(30)41-33)25-8-2-1-3-9-25)40-23-24-14-17-27(18-15-24)39-31-12-6-4-10-28(31)29-11-5-7-13-32(29)39/h1-6,8-12,14-22H,7,13,23,38H2. The summed E-state index contributed by atoms with van der Waals surface area (Å²) in [7, 11) is 0. The van der Waals surface area contributed by atoms with E-state index in [2.05, 4.69) is 95.6 Å². The molecule has 4 nitrogen and oxygen atoms in total. The third-order valence-corrected chi connectivity index (χ3v) is 8.18. The number of hydrogen-bond donors (Lipinski definition) is 1. The summed E-state index contributed by atoms with van der Waals surface area (Å²) in [6.07, 6.45) is 6.66. The zero-order valence-electron chi connectivity index (χ0n) is 22.5. The molecule has 1 aliphatic rings. The minimum Gasteiger partial charge on any atom is -0.487 e. The summed E-state index contributed by atoms with van der Waals surface area (Å²) < 4.78 is 14.8. The second kappa shape index (κ2) is 9.46. The van der Waals surface area contributed by atoms with Crippen molar-refractivity contribution in [3.63, 3.8) is 0 Å². The first kappa shape index (κ1) is 23.6. The highest BCUT2D eigenvalue weighted by Crippen LogP contribution is 2.40. The molecule has 1 aliphatic carbocycles. The highest BCUT2D eigenvalue weighted by molar-refractivity contribution is 6.12. The lowest BCUT2D eigenvalue weighted by atomic mass is 10.0. The maximum absolute atomic E-state index is 6.65. The second-order valence-electron chi connectivity index (χ2n) is 10.6. The summed E-state index contributed by atoms with van der Waals surface area (Å²) in [6, 6.07) is 37.7. The molecular weight excluding hydrogens is 504 g/mol. The van der Waals surface area contributed by atoms with Crippen LogP contribution in [0.4, 0.5) is 5.69 Å². The predicted octanol–water partition coefficient (Wildman–Crippen LogP) is 9.32. The lowest BCUT2D eigenvalue weighted by Crippen LogP contribution is -2.03. The van der Waals surface area contributed by atoms with Crippen LogP contribution in [0.15, 0.2) is 120 Å². The van der Waals surface area contributed by atoms with Crippen LogP contribution in [0.3, 0.4) is 0 Å². The number of nitrogens with zero attached hydrogens (tertiary/aromatic N) is 1. The van der Waals surface area contributed by atoms with Crippen LogP contribution >= 0.6 is 0 Å². The molecule has 2 aromatic heterocycles. The Bertz CT molecular complexity index is 2100. The SMILES string of the molecule is Nc1c(OCc2ccc(-n3c4c(c5ccccc53)C=CCC4)cc2)ccc2oc3cc(-c4ccccc4)ccc3c12. The number of ether oxygens (including phenoxy) is 1. The number of allylic oxidation sites excluding steroid dienone is 1. The molecule has 2 heterocycles. The molecule has 0 saturated heterocycles. The quantitative estimate of drug-likeness (QED) is 0.225.